The van der Waals surface area contributed by atoms with E-state index in [1.54, 1.807) is 27.8 Å². The first-order chi connectivity index (χ1) is 5.00. The molecule has 0 unspecified atom stereocenters. The summed E-state index contributed by atoms with van der Waals surface area (Å²) in [6.45, 7) is 5.49. The van der Waals surface area contributed by atoms with Gasteiger partial charge in [-0.25, -0.2) is 4.39 Å². The van der Waals surface area contributed by atoms with Gasteiger partial charge in [-0.1, -0.05) is 0 Å². The van der Waals surface area contributed by atoms with Crippen LogP contribution in [0.15, 0.2) is 11.4 Å². The highest BCUT2D eigenvalue weighted by atomic mass is 19.1. The number of likely N-dealkylation sites (N-methyl/N-ethyl adjacent to an activating group) is 1. The number of nitrogens with zero attached hydrogens (tertiary/aromatic N) is 1. The summed E-state index contributed by atoms with van der Waals surface area (Å²) in [6, 6.07) is 0. The average Bonchev–Trinajstić information content (AvgIpc) is 2.00. The van der Waals surface area contributed by atoms with Crippen molar-refractivity contribution in [2.24, 2.45) is 0 Å². The van der Waals surface area contributed by atoms with Gasteiger partial charge in [-0.2, -0.15) is 0 Å². The molecule has 0 aromatic carbocycles. The fraction of sp³-hybridized carbons (Fsp3) is 0.625. The number of carbonyl (C=O) groups excluding carboxylic acids is 1. The molecule has 11 heavy (non-hydrogen) atoms. The molecular weight excluding hydrogens is 145 g/mol. The van der Waals surface area contributed by atoms with Crippen molar-refractivity contribution >= 4 is 5.91 Å². The molecule has 64 valence electrons. The highest BCUT2D eigenvalue weighted by Crippen LogP contribution is 2.07. The van der Waals surface area contributed by atoms with Gasteiger partial charge in [0, 0.05) is 13.6 Å². The Bertz CT molecular complexity index is 183. The second-order valence-electron chi connectivity index (χ2n) is 2.63. The smallest absolute Gasteiger partial charge is 0.282 e. The van der Waals surface area contributed by atoms with Crippen LogP contribution >= 0.6 is 0 Å². The number of hydrogen-bond acceptors (Lipinski definition) is 1. The van der Waals surface area contributed by atoms with E-state index in [1.165, 1.54) is 4.90 Å². The van der Waals surface area contributed by atoms with Gasteiger partial charge in [0.1, 0.15) is 0 Å². The van der Waals surface area contributed by atoms with E-state index in [1.807, 2.05) is 0 Å². The van der Waals surface area contributed by atoms with Gasteiger partial charge in [-0.05, 0) is 26.3 Å². The number of hydrogen-bond donors (Lipinski definition) is 0. The maximum Gasteiger partial charge on any atom is 0.282 e. The van der Waals surface area contributed by atoms with Crippen molar-refractivity contribution in [2.45, 2.75) is 20.8 Å². The first-order valence-electron chi connectivity index (χ1n) is 3.59. The summed E-state index contributed by atoms with van der Waals surface area (Å²) in [4.78, 5) is 12.3. The highest BCUT2D eigenvalue weighted by molar-refractivity contribution is 5.91. The zero-order valence-corrected chi connectivity index (χ0v) is 7.44. The molecule has 0 radical (unpaired) electrons. The highest BCUT2D eigenvalue weighted by Gasteiger charge is 2.13. The van der Waals surface area contributed by atoms with Gasteiger partial charge in [0.2, 0.25) is 0 Å². The maximum atomic E-state index is 12.8. The van der Waals surface area contributed by atoms with Gasteiger partial charge in [0.15, 0.2) is 5.83 Å². The van der Waals surface area contributed by atoms with E-state index in [9.17, 15) is 9.18 Å². The van der Waals surface area contributed by atoms with Crippen molar-refractivity contribution < 1.29 is 9.18 Å². The van der Waals surface area contributed by atoms with Crippen molar-refractivity contribution in [1.82, 2.24) is 4.90 Å². The predicted octanol–water partition coefficient (Wildman–Crippen LogP) is 1.73. The lowest BCUT2D eigenvalue weighted by molar-refractivity contribution is -0.127. The molecule has 0 aliphatic carbocycles. The van der Waals surface area contributed by atoms with E-state index in [-0.39, 0.29) is 0 Å². The number of allylic oxidation sites excluding steroid dienone is 1. The molecule has 0 bridgehead atoms. The third kappa shape index (κ3) is 2.70. The summed E-state index contributed by atoms with van der Waals surface area (Å²) in [5.74, 6) is -1.18. The largest absolute Gasteiger partial charge is 0.340 e. The summed E-state index contributed by atoms with van der Waals surface area (Å²) in [5.41, 5.74) is 0.426. The van der Waals surface area contributed by atoms with Gasteiger partial charge >= 0.3 is 0 Å². The molecule has 0 saturated heterocycles. The predicted molar refractivity (Wildman–Crippen MR) is 42.8 cm³/mol. The summed E-state index contributed by atoms with van der Waals surface area (Å²) < 4.78 is 12.8. The van der Waals surface area contributed by atoms with Gasteiger partial charge in [0.05, 0.1) is 0 Å². The van der Waals surface area contributed by atoms with E-state index in [2.05, 4.69) is 0 Å². The van der Waals surface area contributed by atoms with Crippen molar-refractivity contribution in [3.8, 4) is 0 Å². The molecule has 0 aliphatic rings. The van der Waals surface area contributed by atoms with Crippen molar-refractivity contribution in [3.05, 3.63) is 11.4 Å². The first kappa shape index (κ1) is 10.1. The zero-order chi connectivity index (χ0) is 9.02. The Morgan fingerprint density at radius 3 is 2.18 bits per heavy atom. The van der Waals surface area contributed by atoms with E-state index in [0.717, 1.165) is 0 Å². The minimum atomic E-state index is -0.644. The van der Waals surface area contributed by atoms with Gasteiger partial charge in [0.25, 0.3) is 5.91 Å². The molecule has 0 N–H and O–H groups in total. The molecule has 0 fully saturated rings. The maximum absolute atomic E-state index is 12.8. The van der Waals surface area contributed by atoms with Crippen LogP contribution in [0, 0.1) is 0 Å². The monoisotopic (exact) mass is 159 g/mol. The third-order valence-corrected chi connectivity index (χ3v) is 1.45. The molecular formula is C8H14FNO. The van der Waals surface area contributed by atoms with E-state index in [0.29, 0.717) is 12.1 Å². The molecule has 0 rings (SSSR count). The van der Waals surface area contributed by atoms with E-state index < -0.39 is 11.7 Å². The molecule has 0 aromatic heterocycles. The Hall–Kier alpha value is -0.860. The number of amides is 1. The van der Waals surface area contributed by atoms with Crippen LogP contribution in [0.3, 0.4) is 0 Å². The van der Waals surface area contributed by atoms with Crippen molar-refractivity contribution in [3.63, 3.8) is 0 Å². The van der Waals surface area contributed by atoms with Crippen LogP contribution in [0.4, 0.5) is 4.39 Å². The molecule has 2 nitrogen and oxygen atoms in total. The average molecular weight is 159 g/mol. The number of carbonyl (C=O) groups is 1. The lowest BCUT2D eigenvalue weighted by Crippen LogP contribution is -2.26. The van der Waals surface area contributed by atoms with E-state index in [4.69, 9.17) is 0 Å². The molecule has 0 heterocycles. The van der Waals surface area contributed by atoms with Crippen LogP contribution in [0.2, 0.25) is 0 Å². The number of halogens is 1. The van der Waals surface area contributed by atoms with Gasteiger partial charge in [-0.15, -0.1) is 0 Å². The lowest BCUT2D eigenvalue weighted by atomic mass is 10.3. The molecule has 0 saturated carbocycles. The Kier molecular flexibility index (Phi) is 3.79. The van der Waals surface area contributed by atoms with Crippen LogP contribution in [0.1, 0.15) is 20.8 Å². The lowest BCUT2D eigenvalue weighted by Gasteiger charge is -2.12. The summed E-state index contributed by atoms with van der Waals surface area (Å²) in [5, 5.41) is 0. The molecule has 1 amide bonds. The second kappa shape index (κ2) is 4.11. The molecule has 3 heteroatoms. The van der Waals surface area contributed by atoms with Crippen LogP contribution < -0.4 is 0 Å². The third-order valence-electron chi connectivity index (χ3n) is 1.45. The van der Waals surface area contributed by atoms with Gasteiger partial charge < -0.3 is 4.90 Å². The molecule has 0 atom stereocenters. The fourth-order valence-corrected chi connectivity index (χ4v) is 0.525. The Morgan fingerprint density at radius 2 is 1.91 bits per heavy atom. The van der Waals surface area contributed by atoms with Crippen LogP contribution in [-0.4, -0.2) is 24.4 Å². The van der Waals surface area contributed by atoms with Gasteiger partial charge in [-0.3, -0.25) is 4.79 Å². The Morgan fingerprint density at radius 1 is 1.45 bits per heavy atom. The zero-order valence-electron chi connectivity index (χ0n) is 7.44. The minimum Gasteiger partial charge on any atom is -0.340 e. The quantitative estimate of drug-likeness (QED) is 0.562. The summed E-state index contributed by atoms with van der Waals surface area (Å²) >= 11 is 0. The Balaban J connectivity index is 4.38. The summed E-state index contributed by atoms with van der Waals surface area (Å²) in [7, 11) is 1.57. The second-order valence-corrected chi connectivity index (χ2v) is 2.63. The standard InChI is InChI=1S/C8H14FNO/c1-5-10(4)8(11)7(9)6(2)3/h5H2,1-4H3. The molecule has 0 aliphatic heterocycles. The first-order valence-corrected chi connectivity index (χ1v) is 3.59. The minimum absolute atomic E-state index is 0.426. The number of rotatable bonds is 2. The molecule has 0 spiro atoms. The van der Waals surface area contributed by atoms with Crippen LogP contribution in [0.25, 0.3) is 0 Å². The van der Waals surface area contributed by atoms with Crippen molar-refractivity contribution in [1.29, 1.82) is 0 Å². The van der Waals surface area contributed by atoms with Crippen LogP contribution in [0.5, 0.6) is 0 Å². The normalized spacial score (nSPS) is 9.18. The topological polar surface area (TPSA) is 20.3 Å². The molecule has 0 aromatic rings. The van der Waals surface area contributed by atoms with E-state index >= 15 is 0 Å². The SMILES string of the molecule is CCN(C)C(=O)C(F)=C(C)C. The fourth-order valence-electron chi connectivity index (χ4n) is 0.525. The summed E-state index contributed by atoms with van der Waals surface area (Å²) in [6.07, 6.45) is 0. The van der Waals surface area contributed by atoms with Crippen molar-refractivity contribution in [2.75, 3.05) is 13.6 Å². The Labute approximate surface area is 66.7 Å². The van der Waals surface area contributed by atoms with Crippen LogP contribution in [-0.2, 0) is 4.79 Å².